The van der Waals surface area contributed by atoms with Gasteiger partial charge in [0.05, 0.1) is 24.6 Å². The van der Waals surface area contributed by atoms with E-state index in [-0.39, 0.29) is 42.8 Å². The number of likely N-dealkylation sites (N-methyl/N-ethyl adjacent to an activating group) is 1. The number of methoxy groups -OCH3 is 1. The minimum absolute atomic E-state index is 0.0804. The van der Waals surface area contributed by atoms with Gasteiger partial charge < -0.3 is 38.8 Å². The van der Waals surface area contributed by atoms with Crippen molar-refractivity contribution in [2.24, 2.45) is 11.3 Å². The predicted molar refractivity (Wildman–Crippen MR) is 273 cm³/mol. The van der Waals surface area contributed by atoms with Crippen molar-refractivity contribution in [2.75, 3.05) is 73.2 Å². The fourth-order valence-electron chi connectivity index (χ4n) is 12.5. The van der Waals surface area contributed by atoms with Crippen LogP contribution in [0.2, 0.25) is 0 Å². The zero-order valence-corrected chi connectivity index (χ0v) is 42.9. The fourth-order valence-corrected chi connectivity index (χ4v) is 12.5. The number of morpholine rings is 1. The molecule has 0 saturated carbocycles. The van der Waals surface area contributed by atoms with Crippen LogP contribution in [0, 0.1) is 23.7 Å². The van der Waals surface area contributed by atoms with E-state index in [9.17, 15) is 24.0 Å². The first-order valence-electron chi connectivity index (χ1n) is 25.7. The van der Waals surface area contributed by atoms with Gasteiger partial charge in [0.1, 0.15) is 35.9 Å². The number of piperidine rings is 1. The molecule has 7 heterocycles. The van der Waals surface area contributed by atoms with Gasteiger partial charge in [-0.1, -0.05) is 52.3 Å². The van der Waals surface area contributed by atoms with Gasteiger partial charge >= 0.3 is 12.0 Å². The maximum absolute atomic E-state index is 14.9. The molecule has 6 aliphatic rings. The Hall–Kier alpha value is -6.06. The number of rotatable bonds is 7. The maximum atomic E-state index is 14.9. The average Bonchev–Trinajstić information content (AvgIpc) is 3.72. The fraction of sp³-hybridized carbons (Fsp3) is 0.564. The summed E-state index contributed by atoms with van der Waals surface area (Å²) in [4.78, 5) is 82.9. The van der Waals surface area contributed by atoms with Crippen molar-refractivity contribution in [1.29, 1.82) is 0 Å². The van der Waals surface area contributed by atoms with Crippen molar-refractivity contribution in [3.63, 3.8) is 0 Å². The largest absolute Gasteiger partial charge is 0.464 e. The van der Waals surface area contributed by atoms with Gasteiger partial charge in [-0.2, -0.15) is 0 Å². The number of hydrazine groups is 1. The number of hydrogen-bond acceptors (Lipinski definition) is 11. The van der Waals surface area contributed by atoms with Crippen molar-refractivity contribution in [3.8, 4) is 23.6 Å². The van der Waals surface area contributed by atoms with Gasteiger partial charge in [-0.3, -0.25) is 34.1 Å². The molecule has 17 heteroatoms. The zero-order valence-electron chi connectivity index (χ0n) is 42.9. The Morgan fingerprint density at radius 2 is 1.90 bits per heavy atom. The van der Waals surface area contributed by atoms with Gasteiger partial charge in [0.2, 0.25) is 11.8 Å². The summed E-state index contributed by atoms with van der Waals surface area (Å²) >= 11 is 0. The standard InChI is InChI=1S/C55H71N9O8/c1-10-42-55(72-29-28-63(42)43(65)11-2)21-26-61(27-22-55)53(69)59(8)47(34(4)5)50(66)57-40-32-60-24-14-16-36(31-60)35-19-20-41-38(30-35)44-45(49(70-9)46-37(17-13-23-56-46)48(44)62(41)12-3)54(6,7)33-71-52(68)39-18-15-25-64(58-39)51(40)67/h1,11,13,16-17,19-20,23,30,34,39-40,42,45,47,49,58H,2,12,14-15,18,21-22,24-29,31-33H2,3-9H3,(H,57,66)/t39-,40-,42-,45?,47?,49-/m0/s1. The molecule has 7 atom stereocenters. The number of nitrogens with zero attached hydrogens (tertiary/aromatic N) is 7. The second-order valence-corrected chi connectivity index (χ2v) is 21.3. The van der Waals surface area contributed by atoms with E-state index in [1.807, 2.05) is 26.1 Å². The monoisotopic (exact) mass is 986 g/mol. The summed E-state index contributed by atoms with van der Waals surface area (Å²) in [6.07, 6.45) is 13.4. The zero-order chi connectivity index (χ0) is 51.2. The number of carbonyl (C=O) groups excluding carboxylic acids is 5. The van der Waals surface area contributed by atoms with Crippen LogP contribution in [0.1, 0.15) is 95.6 Å². The van der Waals surface area contributed by atoms with E-state index in [1.165, 1.54) is 16.0 Å². The number of fused-ring (bicyclic) bond motifs is 8. The number of amides is 5. The highest BCUT2D eigenvalue weighted by atomic mass is 16.5. The third-order valence-electron chi connectivity index (χ3n) is 16.1. The highest BCUT2D eigenvalue weighted by Gasteiger charge is 2.51. The molecule has 3 fully saturated rings. The van der Waals surface area contributed by atoms with Crippen molar-refractivity contribution in [1.82, 2.24) is 44.9 Å². The van der Waals surface area contributed by atoms with Crippen LogP contribution in [-0.4, -0.2) is 167 Å². The summed E-state index contributed by atoms with van der Waals surface area (Å²) in [5.74, 6) is 0.626. The van der Waals surface area contributed by atoms with Crippen LogP contribution in [0.4, 0.5) is 4.79 Å². The normalized spacial score (nSPS) is 26.4. The first kappa shape index (κ1) is 50.9. The molecule has 72 heavy (non-hydrogen) atoms. The quantitative estimate of drug-likeness (QED) is 0.183. The molecule has 2 N–H and O–H groups in total. The Morgan fingerprint density at radius 1 is 1.12 bits per heavy atom. The lowest BCUT2D eigenvalue weighted by Crippen LogP contribution is -2.65. The van der Waals surface area contributed by atoms with Crippen LogP contribution in [0.15, 0.2) is 55.3 Å². The third kappa shape index (κ3) is 9.09. The summed E-state index contributed by atoms with van der Waals surface area (Å²) in [5, 5.41) is 5.68. The molecule has 3 saturated heterocycles. The molecule has 9 rings (SSSR count). The lowest BCUT2D eigenvalue weighted by Gasteiger charge is -2.51. The molecule has 5 amide bonds. The number of ether oxygens (including phenoxy) is 3. The number of pyridine rings is 1. The number of cyclic esters (lactones) is 1. The van der Waals surface area contributed by atoms with Gasteiger partial charge in [0.15, 0.2) is 0 Å². The highest BCUT2D eigenvalue weighted by molar-refractivity contribution is 5.97. The maximum Gasteiger partial charge on any atom is 0.324 e. The number of nitrogens with one attached hydrogen (secondary N) is 2. The highest BCUT2D eigenvalue weighted by Crippen LogP contribution is 2.57. The van der Waals surface area contributed by atoms with Crippen LogP contribution in [0.25, 0.3) is 27.7 Å². The number of urea groups is 1. The van der Waals surface area contributed by atoms with Crippen LogP contribution in [0.5, 0.6) is 0 Å². The van der Waals surface area contributed by atoms with E-state index in [0.717, 1.165) is 57.5 Å². The number of likely N-dealkylation sites (tertiary alicyclic amines) is 1. The smallest absolute Gasteiger partial charge is 0.324 e. The molecule has 1 aromatic carbocycles. The SMILES string of the molecule is C#C[C@@H]1N(C(=O)C=C)CCOC12CCN(C(=O)N(C)C(C(=O)N[C@H]1CN3CCC=C(C3)c3ccc4c(c3)c3c(n4CC)-c4cccnc4[C@@H](OC)C3C(C)(C)COC(=O)[C@@H]3CCCN(N3)C1=O)C(C)C)CC2. The first-order valence-corrected chi connectivity index (χ1v) is 25.7. The molecule has 3 unspecified atom stereocenters. The van der Waals surface area contributed by atoms with Crippen LogP contribution >= 0.6 is 0 Å². The average molecular weight is 986 g/mol. The van der Waals surface area contributed by atoms with Gasteiger partial charge in [-0.15, -0.1) is 6.42 Å². The van der Waals surface area contributed by atoms with E-state index < -0.39 is 53.2 Å². The van der Waals surface area contributed by atoms with Crippen molar-refractivity contribution in [2.45, 2.75) is 115 Å². The molecule has 2 aromatic heterocycles. The van der Waals surface area contributed by atoms with Crippen molar-refractivity contribution >= 4 is 46.2 Å². The Balaban J connectivity index is 1.01. The van der Waals surface area contributed by atoms with Gasteiger partial charge in [0, 0.05) is 101 Å². The number of benzene rings is 1. The van der Waals surface area contributed by atoms with Crippen molar-refractivity contribution < 1.29 is 38.2 Å². The van der Waals surface area contributed by atoms with Crippen molar-refractivity contribution in [3.05, 3.63) is 72.1 Å². The summed E-state index contributed by atoms with van der Waals surface area (Å²) in [6.45, 7) is 17.6. The number of carbonyl (C=O) groups is 5. The second kappa shape index (κ2) is 20.5. The number of aryl methyl sites for hydroxylation is 1. The molecule has 0 radical (unpaired) electrons. The number of aromatic nitrogens is 2. The third-order valence-corrected chi connectivity index (χ3v) is 16.1. The van der Waals surface area contributed by atoms with Crippen LogP contribution in [-0.2, 0) is 39.9 Å². The van der Waals surface area contributed by atoms with Gasteiger partial charge in [-0.25, -0.2) is 10.2 Å². The minimum atomic E-state index is -1.03. The summed E-state index contributed by atoms with van der Waals surface area (Å²) in [7, 11) is 3.34. The Morgan fingerprint density at radius 3 is 2.61 bits per heavy atom. The molecular weight excluding hydrogens is 915 g/mol. The predicted octanol–water partition coefficient (Wildman–Crippen LogP) is 5.12. The van der Waals surface area contributed by atoms with Gasteiger partial charge in [0.25, 0.3) is 5.91 Å². The minimum Gasteiger partial charge on any atom is -0.464 e. The first-order chi connectivity index (χ1) is 34.6. The molecule has 384 valence electrons. The summed E-state index contributed by atoms with van der Waals surface area (Å²) < 4.78 is 21.3. The van der Waals surface area contributed by atoms with E-state index in [1.54, 1.807) is 24.0 Å². The van der Waals surface area contributed by atoms with E-state index in [4.69, 9.17) is 25.6 Å². The van der Waals surface area contributed by atoms with Crippen LogP contribution < -0.4 is 10.7 Å². The molecule has 5 aliphatic heterocycles. The van der Waals surface area contributed by atoms with E-state index in [2.05, 4.69) is 83.8 Å². The molecule has 3 aromatic rings. The topological polar surface area (TPSA) is 171 Å². The molecular formula is C55H71N9O8. The van der Waals surface area contributed by atoms with Gasteiger partial charge in [-0.05, 0) is 92.0 Å². The lowest BCUT2D eigenvalue weighted by atomic mass is 9.67. The second-order valence-electron chi connectivity index (χ2n) is 21.3. The Kier molecular flexibility index (Phi) is 14.4. The van der Waals surface area contributed by atoms with E-state index >= 15 is 0 Å². The number of hydrogen-bond donors (Lipinski definition) is 2. The number of terminal acetylenes is 1. The Labute approximate surface area is 423 Å². The van der Waals surface area contributed by atoms with Crippen LogP contribution in [0.3, 0.4) is 0 Å². The molecule has 1 spiro atoms. The summed E-state index contributed by atoms with van der Waals surface area (Å²) in [6, 6.07) is 7.02. The molecule has 17 nitrogen and oxygen atoms in total. The lowest BCUT2D eigenvalue weighted by molar-refractivity contribution is -0.166. The molecule has 1 aliphatic carbocycles. The summed E-state index contributed by atoms with van der Waals surface area (Å²) in [5.41, 5.74) is 9.13. The molecule has 6 bridgehead atoms. The Bertz CT molecular complexity index is 2700. The van der Waals surface area contributed by atoms with E-state index in [0.29, 0.717) is 71.6 Å². The number of esters is 1.